The zero-order valence-corrected chi connectivity index (χ0v) is 23.4. The molecule has 1 aliphatic heterocycles. The summed E-state index contributed by atoms with van der Waals surface area (Å²) in [4.78, 5) is 27.4. The summed E-state index contributed by atoms with van der Waals surface area (Å²) in [5.41, 5.74) is 1.07. The fourth-order valence-corrected chi connectivity index (χ4v) is 7.07. The maximum atomic E-state index is 13.3. The average Bonchev–Trinajstić information content (AvgIpc) is 3.55. The second kappa shape index (κ2) is 13.1. The number of para-hydroxylation sites is 1. The lowest BCUT2D eigenvalue weighted by molar-refractivity contribution is -0.121. The number of thioether (sulfide) groups is 1. The molecule has 4 rings (SSSR count). The first-order valence-electron chi connectivity index (χ1n) is 12.3. The number of ether oxygens (including phenoxy) is 1. The van der Waals surface area contributed by atoms with E-state index in [1.54, 1.807) is 66.0 Å². The number of benzene rings is 2. The van der Waals surface area contributed by atoms with Gasteiger partial charge >= 0.3 is 0 Å². The van der Waals surface area contributed by atoms with E-state index in [0.29, 0.717) is 18.0 Å². The molecular weight excluding hydrogens is 543 g/mol. The van der Waals surface area contributed by atoms with Crippen molar-refractivity contribution in [1.29, 1.82) is 0 Å². The van der Waals surface area contributed by atoms with E-state index in [1.165, 1.54) is 23.8 Å². The second-order valence-electron chi connectivity index (χ2n) is 8.58. The number of amides is 2. The van der Waals surface area contributed by atoms with Crippen LogP contribution in [-0.2, 0) is 19.6 Å². The number of rotatable bonds is 12. The molecule has 11 heteroatoms. The van der Waals surface area contributed by atoms with Crippen molar-refractivity contribution in [2.45, 2.75) is 48.5 Å². The van der Waals surface area contributed by atoms with Gasteiger partial charge in [0.15, 0.2) is 5.17 Å². The van der Waals surface area contributed by atoms with Crippen LogP contribution < -0.4 is 15.0 Å². The van der Waals surface area contributed by atoms with Crippen LogP contribution in [0.1, 0.15) is 39.0 Å². The predicted molar refractivity (Wildman–Crippen MR) is 154 cm³/mol. The number of amidine groups is 1. The highest BCUT2D eigenvalue weighted by atomic mass is 32.2. The van der Waals surface area contributed by atoms with E-state index < -0.39 is 21.2 Å². The van der Waals surface area contributed by atoms with Gasteiger partial charge < -0.3 is 10.1 Å². The standard InChI is InChI=1S/C27H29N3O5S3/c1-2-3-4-8-17-35-22-15-13-20(14-16-22)28-24(31)19-23-26(32)30(21-10-6-5-7-11-21)27(37-23)29-38(33,34)25-12-9-18-36-25/h5-7,9-16,18,23H,2-4,8,17,19H2,1H3,(H,28,31)/b29-27+. The van der Waals surface area contributed by atoms with Crippen molar-refractivity contribution in [2.24, 2.45) is 4.40 Å². The van der Waals surface area contributed by atoms with Gasteiger partial charge in [0.05, 0.1) is 12.3 Å². The Hall–Kier alpha value is -3.15. The zero-order chi connectivity index (χ0) is 27.0. The van der Waals surface area contributed by atoms with Gasteiger partial charge in [0.1, 0.15) is 15.2 Å². The second-order valence-corrected chi connectivity index (χ2v) is 12.5. The third-order valence-electron chi connectivity index (χ3n) is 5.67. The highest BCUT2D eigenvalue weighted by Gasteiger charge is 2.41. The SMILES string of the molecule is CCCCCCOc1ccc(NC(=O)CC2S/C(=N/S(=O)(=O)c3cccs3)N(c3ccccc3)C2=O)cc1. The number of carbonyl (C=O) groups excluding carboxylic acids is 2. The normalized spacial score (nSPS) is 16.7. The Kier molecular flexibility index (Phi) is 9.59. The van der Waals surface area contributed by atoms with Crippen LogP contribution in [-0.4, -0.2) is 37.3 Å². The Bertz CT molecular complexity index is 1360. The van der Waals surface area contributed by atoms with Gasteiger partial charge in [-0.2, -0.15) is 8.42 Å². The lowest BCUT2D eigenvalue weighted by Crippen LogP contribution is -2.33. The Balaban J connectivity index is 1.43. The minimum absolute atomic E-state index is 0.0211. The van der Waals surface area contributed by atoms with Crippen LogP contribution in [0.2, 0.25) is 0 Å². The molecule has 1 aromatic heterocycles. The number of carbonyl (C=O) groups is 2. The molecule has 2 amide bonds. The van der Waals surface area contributed by atoms with Crippen molar-refractivity contribution in [3.05, 3.63) is 72.1 Å². The van der Waals surface area contributed by atoms with Crippen molar-refractivity contribution in [1.82, 2.24) is 0 Å². The quantitative estimate of drug-likeness (QED) is 0.270. The summed E-state index contributed by atoms with van der Waals surface area (Å²) in [5.74, 6) is -0.0323. The van der Waals surface area contributed by atoms with Gasteiger partial charge in [0, 0.05) is 12.1 Å². The summed E-state index contributed by atoms with van der Waals surface area (Å²) >= 11 is 2.02. The van der Waals surface area contributed by atoms with Gasteiger partial charge in [-0.15, -0.1) is 15.7 Å². The molecule has 1 saturated heterocycles. The monoisotopic (exact) mass is 571 g/mol. The minimum atomic E-state index is -4.00. The maximum Gasteiger partial charge on any atom is 0.294 e. The van der Waals surface area contributed by atoms with Crippen LogP contribution in [0.25, 0.3) is 0 Å². The molecule has 200 valence electrons. The number of unbranched alkanes of at least 4 members (excludes halogenated alkanes) is 3. The molecule has 8 nitrogen and oxygen atoms in total. The molecule has 2 aromatic carbocycles. The lowest BCUT2D eigenvalue weighted by Gasteiger charge is -2.16. The van der Waals surface area contributed by atoms with E-state index in [1.807, 2.05) is 0 Å². The van der Waals surface area contributed by atoms with Gasteiger partial charge in [-0.1, -0.05) is 62.2 Å². The Morgan fingerprint density at radius 1 is 1.03 bits per heavy atom. The molecule has 1 aliphatic rings. The van der Waals surface area contributed by atoms with Crippen LogP contribution in [0, 0.1) is 0 Å². The van der Waals surface area contributed by atoms with E-state index in [9.17, 15) is 18.0 Å². The fraction of sp³-hybridized carbons (Fsp3) is 0.296. The van der Waals surface area contributed by atoms with Gasteiger partial charge in [-0.3, -0.25) is 14.5 Å². The van der Waals surface area contributed by atoms with Gasteiger partial charge in [-0.05, 0) is 54.3 Å². The predicted octanol–water partition coefficient (Wildman–Crippen LogP) is 5.93. The number of hydrogen-bond acceptors (Lipinski definition) is 7. The molecule has 1 N–H and O–H groups in total. The summed E-state index contributed by atoms with van der Waals surface area (Å²) in [6.45, 7) is 2.81. The summed E-state index contributed by atoms with van der Waals surface area (Å²) in [7, 11) is -4.00. The summed E-state index contributed by atoms with van der Waals surface area (Å²) in [6, 6.07) is 18.9. The topological polar surface area (TPSA) is 105 Å². The number of anilines is 2. The molecule has 3 aromatic rings. The van der Waals surface area contributed by atoms with E-state index in [4.69, 9.17) is 4.74 Å². The molecule has 0 aliphatic carbocycles. The number of nitrogens with one attached hydrogen (secondary N) is 1. The Labute approximate surface area is 231 Å². The number of sulfonamides is 1. The smallest absolute Gasteiger partial charge is 0.294 e. The molecule has 2 heterocycles. The van der Waals surface area contributed by atoms with Gasteiger partial charge in [-0.25, -0.2) is 0 Å². The molecule has 1 unspecified atom stereocenters. The molecule has 0 radical (unpaired) electrons. The van der Waals surface area contributed by atoms with Crippen LogP contribution in [0.4, 0.5) is 11.4 Å². The van der Waals surface area contributed by atoms with Crippen LogP contribution in [0.5, 0.6) is 5.75 Å². The van der Waals surface area contributed by atoms with Crippen molar-refractivity contribution in [3.8, 4) is 5.75 Å². The first-order valence-corrected chi connectivity index (χ1v) is 15.5. The van der Waals surface area contributed by atoms with Crippen LogP contribution >= 0.6 is 23.1 Å². The number of nitrogens with zero attached hydrogens (tertiary/aromatic N) is 2. The first kappa shape index (κ1) is 27.9. The van der Waals surface area contributed by atoms with E-state index >= 15 is 0 Å². The molecule has 1 atom stereocenters. The van der Waals surface area contributed by atoms with Gasteiger partial charge in [0.25, 0.3) is 10.0 Å². The van der Waals surface area contributed by atoms with Gasteiger partial charge in [0.2, 0.25) is 11.8 Å². The van der Waals surface area contributed by atoms with Crippen LogP contribution in [0.3, 0.4) is 0 Å². The average molecular weight is 572 g/mol. The highest BCUT2D eigenvalue weighted by Crippen LogP contribution is 2.35. The molecule has 1 fully saturated rings. The third kappa shape index (κ3) is 7.24. The summed E-state index contributed by atoms with van der Waals surface area (Å²) < 4.78 is 35.4. The van der Waals surface area contributed by atoms with Crippen molar-refractivity contribution < 1.29 is 22.7 Å². The van der Waals surface area contributed by atoms with E-state index in [-0.39, 0.29) is 21.7 Å². The summed E-state index contributed by atoms with van der Waals surface area (Å²) in [5, 5.41) is 3.65. The highest BCUT2D eigenvalue weighted by molar-refractivity contribution is 8.16. The van der Waals surface area contributed by atoms with Crippen molar-refractivity contribution in [3.63, 3.8) is 0 Å². The largest absolute Gasteiger partial charge is 0.494 e. The van der Waals surface area contributed by atoms with Crippen LogP contribution in [0.15, 0.2) is 80.7 Å². The third-order valence-corrected chi connectivity index (χ3v) is 9.57. The zero-order valence-electron chi connectivity index (χ0n) is 20.9. The summed E-state index contributed by atoms with van der Waals surface area (Å²) in [6.07, 6.45) is 4.36. The van der Waals surface area contributed by atoms with E-state index in [0.717, 1.165) is 41.7 Å². The fourth-order valence-electron chi connectivity index (χ4n) is 3.77. The molecule has 0 spiro atoms. The molecule has 0 saturated carbocycles. The van der Waals surface area contributed by atoms with Crippen molar-refractivity contribution >= 4 is 61.5 Å². The minimum Gasteiger partial charge on any atom is -0.494 e. The number of thiophene rings is 1. The Morgan fingerprint density at radius 2 is 1.79 bits per heavy atom. The Morgan fingerprint density at radius 3 is 2.47 bits per heavy atom. The molecular formula is C27H29N3O5S3. The molecule has 0 bridgehead atoms. The first-order chi connectivity index (χ1) is 18.4. The molecule has 38 heavy (non-hydrogen) atoms. The van der Waals surface area contributed by atoms with E-state index in [2.05, 4.69) is 16.6 Å². The maximum absolute atomic E-state index is 13.3. The van der Waals surface area contributed by atoms with Crippen molar-refractivity contribution in [2.75, 3.05) is 16.8 Å². The lowest BCUT2D eigenvalue weighted by atomic mass is 10.2. The number of hydrogen-bond donors (Lipinski definition) is 1.